The Labute approximate surface area is 151 Å². The predicted molar refractivity (Wildman–Crippen MR) is 95.6 cm³/mol. The molecule has 0 aliphatic heterocycles. The lowest BCUT2D eigenvalue weighted by Gasteiger charge is -2.11. The first-order valence-corrected chi connectivity index (χ1v) is 8.45. The van der Waals surface area contributed by atoms with Gasteiger partial charge >= 0.3 is 5.97 Å². The zero-order valence-electron chi connectivity index (χ0n) is 14.6. The number of carboxylic acid groups (broad SMARTS) is 1. The minimum absolute atomic E-state index is 0.0853. The Morgan fingerprint density at radius 3 is 2.42 bits per heavy atom. The number of ether oxygens (including phenoxy) is 1. The van der Waals surface area contributed by atoms with E-state index in [1.165, 1.54) is 12.1 Å². The maximum atomic E-state index is 12.9. The average molecular weight is 359 g/mol. The molecular weight excluding hydrogens is 337 g/mol. The quantitative estimate of drug-likeness (QED) is 0.658. The zero-order valence-corrected chi connectivity index (χ0v) is 14.6. The highest BCUT2D eigenvalue weighted by atomic mass is 19.1. The first kappa shape index (κ1) is 19.4. The molecule has 0 aliphatic rings. The third-order valence-corrected chi connectivity index (χ3v) is 3.81. The van der Waals surface area contributed by atoms with Crippen LogP contribution in [0.5, 0.6) is 11.5 Å². The van der Waals surface area contributed by atoms with Crippen molar-refractivity contribution in [2.75, 3.05) is 0 Å². The van der Waals surface area contributed by atoms with Crippen LogP contribution in [0.1, 0.15) is 36.8 Å². The van der Waals surface area contributed by atoms with E-state index in [0.717, 1.165) is 11.1 Å². The lowest BCUT2D eigenvalue weighted by atomic mass is 10.1. The summed E-state index contributed by atoms with van der Waals surface area (Å²) in [4.78, 5) is 22.2. The summed E-state index contributed by atoms with van der Waals surface area (Å²) in [6.07, 6.45) is 1.46. The fourth-order valence-corrected chi connectivity index (χ4v) is 2.42. The van der Waals surface area contributed by atoms with E-state index in [2.05, 4.69) is 5.32 Å². The minimum atomic E-state index is -0.844. The number of nitrogens with one attached hydrogen (secondary N) is 1. The van der Waals surface area contributed by atoms with Gasteiger partial charge in [0.1, 0.15) is 17.3 Å². The van der Waals surface area contributed by atoms with Crippen molar-refractivity contribution in [3.63, 3.8) is 0 Å². The number of amides is 1. The zero-order chi connectivity index (χ0) is 18.9. The van der Waals surface area contributed by atoms with Crippen molar-refractivity contribution < 1.29 is 23.8 Å². The Morgan fingerprint density at radius 2 is 1.77 bits per heavy atom. The largest absolute Gasteiger partial charge is 0.481 e. The molecule has 2 aromatic rings. The molecular formula is C20H22FNO4. The third kappa shape index (κ3) is 6.55. The third-order valence-electron chi connectivity index (χ3n) is 3.81. The first-order chi connectivity index (χ1) is 12.4. The number of unbranched alkanes of at least 4 members (excludes halogenated alkanes) is 1. The van der Waals surface area contributed by atoms with Gasteiger partial charge in [0, 0.05) is 19.4 Å². The summed E-state index contributed by atoms with van der Waals surface area (Å²) in [7, 11) is 0. The molecule has 2 rings (SSSR count). The first-order valence-electron chi connectivity index (χ1n) is 8.45. The van der Waals surface area contributed by atoms with Crippen LogP contribution in [0.2, 0.25) is 0 Å². The van der Waals surface area contributed by atoms with Crippen molar-refractivity contribution >= 4 is 11.9 Å². The van der Waals surface area contributed by atoms with E-state index < -0.39 is 5.97 Å². The number of hydrogen-bond donors (Lipinski definition) is 2. The molecule has 0 radical (unpaired) electrons. The smallest absolute Gasteiger partial charge is 0.303 e. The molecule has 138 valence electrons. The molecule has 0 atom stereocenters. The summed E-state index contributed by atoms with van der Waals surface area (Å²) in [5.41, 5.74) is 1.84. The molecule has 6 heteroatoms. The standard InChI is InChI=1S/C20H22FNO4/c1-14-12-15(13-22-19(23)4-2-3-5-20(24)25)6-11-18(14)26-17-9-7-16(21)8-10-17/h6-12H,2-5,13H2,1H3,(H,22,23)(H,24,25). The van der Waals surface area contributed by atoms with Gasteiger partial charge in [0.25, 0.3) is 0 Å². The summed E-state index contributed by atoms with van der Waals surface area (Å²) in [5, 5.41) is 11.4. The molecule has 2 N–H and O–H groups in total. The van der Waals surface area contributed by atoms with Crippen LogP contribution >= 0.6 is 0 Å². The van der Waals surface area contributed by atoms with E-state index in [-0.39, 0.29) is 18.1 Å². The van der Waals surface area contributed by atoms with Gasteiger partial charge in [0.05, 0.1) is 0 Å². The Balaban J connectivity index is 1.82. The van der Waals surface area contributed by atoms with Crippen LogP contribution in [-0.2, 0) is 16.1 Å². The topological polar surface area (TPSA) is 75.6 Å². The fourth-order valence-electron chi connectivity index (χ4n) is 2.42. The Kier molecular flexibility index (Phi) is 7.14. The molecule has 0 spiro atoms. The van der Waals surface area contributed by atoms with Crippen molar-refractivity contribution in [2.45, 2.75) is 39.2 Å². The van der Waals surface area contributed by atoms with Crippen molar-refractivity contribution in [3.05, 3.63) is 59.4 Å². The number of carbonyl (C=O) groups is 2. The summed E-state index contributed by atoms with van der Waals surface area (Å²) < 4.78 is 18.7. The van der Waals surface area contributed by atoms with Crippen LogP contribution < -0.4 is 10.1 Å². The molecule has 0 saturated heterocycles. The van der Waals surface area contributed by atoms with Gasteiger partial charge in [0.15, 0.2) is 0 Å². The van der Waals surface area contributed by atoms with Crippen LogP contribution in [0, 0.1) is 12.7 Å². The van der Waals surface area contributed by atoms with E-state index in [1.807, 2.05) is 25.1 Å². The second kappa shape index (κ2) is 9.56. The molecule has 0 aliphatic carbocycles. The molecule has 1 amide bonds. The molecule has 0 unspecified atom stereocenters. The van der Waals surface area contributed by atoms with Gasteiger partial charge in [-0.2, -0.15) is 0 Å². The normalized spacial score (nSPS) is 10.4. The van der Waals surface area contributed by atoms with E-state index in [1.54, 1.807) is 12.1 Å². The van der Waals surface area contributed by atoms with Crippen molar-refractivity contribution in [1.29, 1.82) is 0 Å². The van der Waals surface area contributed by atoms with Crippen LogP contribution in [-0.4, -0.2) is 17.0 Å². The van der Waals surface area contributed by atoms with Crippen molar-refractivity contribution in [3.8, 4) is 11.5 Å². The summed E-state index contributed by atoms with van der Waals surface area (Å²) in [6, 6.07) is 11.4. The molecule has 0 heterocycles. The molecule has 0 bridgehead atoms. The number of rotatable bonds is 9. The van der Waals surface area contributed by atoms with E-state index in [9.17, 15) is 14.0 Å². The highest BCUT2D eigenvalue weighted by molar-refractivity contribution is 5.76. The van der Waals surface area contributed by atoms with Gasteiger partial charge in [-0.25, -0.2) is 4.39 Å². The Morgan fingerprint density at radius 1 is 1.08 bits per heavy atom. The number of halogens is 1. The van der Waals surface area contributed by atoms with E-state index >= 15 is 0 Å². The summed E-state index contributed by atoms with van der Waals surface area (Å²) in [6.45, 7) is 2.30. The number of aryl methyl sites for hydroxylation is 1. The van der Waals surface area contributed by atoms with Crippen LogP contribution in [0.3, 0.4) is 0 Å². The van der Waals surface area contributed by atoms with E-state index in [0.29, 0.717) is 37.3 Å². The number of hydrogen-bond acceptors (Lipinski definition) is 3. The number of aliphatic carboxylic acids is 1. The van der Waals surface area contributed by atoms with Gasteiger partial charge in [-0.05, 0) is 61.2 Å². The van der Waals surface area contributed by atoms with Gasteiger partial charge in [-0.1, -0.05) is 12.1 Å². The second-order valence-electron chi connectivity index (χ2n) is 6.03. The van der Waals surface area contributed by atoms with Gasteiger partial charge in [-0.3, -0.25) is 9.59 Å². The average Bonchev–Trinajstić information content (AvgIpc) is 2.60. The highest BCUT2D eigenvalue weighted by Gasteiger charge is 2.06. The molecule has 26 heavy (non-hydrogen) atoms. The second-order valence-corrected chi connectivity index (χ2v) is 6.03. The van der Waals surface area contributed by atoms with Gasteiger partial charge < -0.3 is 15.2 Å². The Bertz CT molecular complexity index is 759. The molecule has 2 aromatic carbocycles. The summed E-state index contributed by atoms with van der Waals surface area (Å²) >= 11 is 0. The number of carbonyl (C=O) groups excluding carboxylic acids is 1. The van der Waals surface area contributed by atoms with E-state index in [4.69, 9.17) is 9.84 Å². The van der Waals surface area contributed by atoms with Gasteiger partial charge in [-0.15, -0.1) is 0 Å². The molecule has 5 nitrogen and oxygen atoms in total. The summed E-state index contributed by atoms with van der Waals surface area (Å²) in [5.74, 6) is -0.0381. The maximum Gasteiger partial charge on any atom is 0.303 e. The lowest BCUT2D eigenvalue weighted by Crippen LogP contribution is -2.22. The van der Waals surface area contributed by atoms with Crippen molar-refractivity contribution in [2.24, 2.45) is 0 Å². The number of carboxylic acids is 1. The Hall–Kier alpha value is -2.89. The minimum Gasteiger partial charge on any atom is -0.481 e. The van der Waals surface area contributed by atoms with Gasteiger partial charge in [0.2, 0.25) is 5.91 Å². The molecule has 0 fully saturated rings. The molecule has 0 aromatic heterocycles. The van der Waals surface area contributed by atoms with Crippen LogP contribution in [0.15, 0.2) is 42.5 Å². The fraction of sp³-hybridized carbons (Fsp3) is 0.300. The monoisotopic (exact) mass is 359 g/mol. The maximum absolute atomic E-state index is 12.9. The highest BCUT2D eigenvalue weighted by Crippen LogP contribution is 2.25. The van der Waals surface area contributed by atoms with Crippen LogP contribution in [0.4, 0.5) is 4.39 Å². The molecule has 0 saturated carbocycles. The van der Waals surface area contributed by atoms with Crippen LogP contribution in [0.25, 0.3) is 0 Å². The number of benzene rings is 2. The predicted octanol–water partition coefficient (Wildman–Crippen LogP) is 4.19. The van der Waals surface area contributed by atoms with Crippen molar-refractivity contribution in [1.82, 2.24) is 5.32 Å². The lowest BCUT2D eigenvalue weighted by molar-refractivity contribution is -0.137. The SMILES string of the molecule is Cc1cc(CNC(=O)CCCCC(=O)O)ccc1Oc1ccc(F)cc1.